The van der Waals surface area contributed by atoms with Gasteiger partial charge >= 0.3 is 5.97 Å². The molecule has 0 spiro atoms. The summed E-state index contributed by atoms with van der Waals surface area (Å²) in [5, 5.41) is 0. The Labute approximate surface area is 139 Å². The Morgan fingerprint density at radius 3 is 2.26 bits per heavy atom. The summed E-state index contributed by atoms with van der Waals surface area (Å²) in [6, 6.07) is 0. The predicted octanol–water partition coefficient (Wildman–Crippen LogP) is 2.53. The molecule has 5 heteroatoms. The van der Waals surface area contributed by atoms with Crippen molar-refractivity contribution in [2.75, 3.05) is 32.8 Å². The summed E-state index contributed by atoms with van der Waals surface area (Å²) >= 11 is 0. The topological polar surface area (TPSA) is 49.9 Å². The first-order valence-electron chi connectivity index (χ1n) is 7.65. The molecule has 1 aliphatic rings. The summed E-state index contributed by atoms with van der Waals surface area (Å²) < 4.78 is 4.98. The molecule has 0 bridgehead atoms. The Kier molecular flexibility index (Phi) is 11.3. The molecule has 23 heavy (non-hydrogen) atoms. The zero-order chi connectivity index (χ0) is 17.7. The molecule has 1 fully saturated rings. The highest BCUT2D eigenvalue weighted by Crippen LogP contribution is 2.08. The molecule has 0 aromatic heterocycles. The van der Waals surface area contributed by atoms with Crippen molar-refractivity contribution in [1.82, 2.24) is 9.80 Å². The Morgan fingerprint density at radius 1 is 1.30 bits per heavy atom. The second-order valence-corrected chi connectivity index (χ2v) is 5.13. The molecule has 1 heterocycles. The average molecular weight is 320 g/mol. The summed E-state index contributed by atoms with van der Waals surface area (Å²) in [4.78, 5) is 25.4. The lowest BCUT2D eigenvalue weighted by atomic mass is 10.4. The van der Waals surface area contributed by atoms with Gasteiger partial charge in [0.05, 0.1) is 0 Å². The van der Waals surface area contributed by atoms with E-state index in [0.29, 0.717) is 25.1 Å². The van der Waals surface area contributed by atoms with Crippen LogP contribution in [0.2, 0.25) is 0 Å². The van der Waals surface area contributed by atoms with Gasteiger partial charge in [-0.2, -0.15) is 0 Å². The Bertz CT molecular complexity index is 434. The highest BCUT2D eigenvalue weighted by Gasteiger charge is 2.16. The first kappa shape index (κ1) is 20.9. The predicted molar refractivity (Wildman–Crippen MR) is 93.8 cm³/mol. The van der Waals surface area contributed by atoms with Crippen LogP contribution in [0.4, 0.5) is 0 Å². The zero-order valence-corrected chi connectivity index (χ0v) is 14.1. The molecule has 0 unspecified atom stereocenters. The van der Waals surface area contributed by atoms with E-state index in [1.165, 1.54) is 0 Å². The van der Waals surface area contributed by atoms with E-state index in [1.54, 1.807) is 18.0 Å². The van der Waals surface area contributed by atoms with Crippen molar-refractivity contribution in [3.8, 4) is 0 Å². The second-order valence-electron chi connectivity index (χ2n) is 5.13. The number of carbonyl (C=O) groups excluding carboxylic acids is 2. The van der Waals surface area contributed by atoms with Gasteiger partial charge in [0.1, 0.15) is 6.61 Å². The van der Waals surface area contributed by atoms with Crippen molar-refractivity contribution in [3.63, 3.8) is 0 Å². The van der Waals surface area contributed by atoms with Crippen molar-refractivity contribution in [2.24, 2.45) is 0 Å². The summed E-state index contributed by atoms with van der Waals surface area (Å²) in [5.74, 6) is -0.132. The summed E-state index contributed by atoms with van der Waals surface area (Å²) in [7, 11) is 0. The summed E-state index contributed by atoms with van der Waals surface area (Å²) in [6.45, 7) is 19.4. The molecular weight excluding hydrogens is 292 g/mol. The number of carbonyl (C=O) groups is 2. The van der Waals surface area contributed by atoms with Crippen LogP contribution in [0.5, 0.6) is 0 Å². The van der Waals surface area contributed by atoms with Crippen LogP contribution in [0.25, 0.3) is 0 Å². The van der Waals surface area contributed by atoms with E-state index in [4.69, 9.17) is 4.74 Å². The third kappa shape index (κ3) is 9.47. The number of amides is 1. The molecule has 0 radical (unpaired) electrons. The molecule has 0 aliphatic carbocycles. The lowest BCUT2D eigenvalue weighted by Gasteiger charge is -2.18. The fraction of sp³-hybridized carbons (Fsp3) is 0.444. The minimum Gasteiger partial charge on any atom is -0.461 e. The maximum Gasteiger partial charge on any atom is 0.333 e. The third-order valence-electron chi connectivity index (χ3n) is 3.09. The standard InChI is InChI=1S/C12H19NO2.C6H9NO/c1-5-7-13(8-6-2)9-10-15-12(14)11(3)4;1-2-7-5-3-4-6(7)8/h5-6H,1-3,7-10H2,4H3;2H,1,3-5H2. The van der Waals surface area contributed by atoms with Crippen LogP contribution in [0.3, 0.4) is 0 Å². The van der Waals surface area contributed by atoms with Gasteiger partial charge < -0.3 is 9.64 Å². The molecular formula is C18H28N2O3. The van der Waals surface area contributed by atoms with Crippen LogP contribution < -0.4 is 0 Å². The fourth-order valence-corrected chi connectivity index (χ4v) is 1.87. The minimum absolute atomic E-state index is 0.208. The smallest absolute Gasteiger partial charge is 0.333 e. The van der Waals surface area contributed by atoms with Crippen molar-refractivity contribution in [2.45, 2.75) is 19.8 Å². The fourth-order valence-electron chi connectivity index (χ4n) is 1.87. The largest absolute Gasteiger partial charge is 0.461 e. The maximum atomic E-state index is 11.1. The molecule has 1 rings (SSSR count). The van der Waals surface area contributed by atoms with Gasteiger partial charge in [0.15, 0.2) is 0 Å². The highest BCUT2D eigenvalue weighted by molar-refractivity contribution is 5.86. The van der Waals surface area contributed by atoms with Gasteiger partial charge in [-0.25, -0.2) is 4.79 Å². The van der Waals surface area contributed by atoms with Crippen LogP contribution in [0.1, 0.15) is 19.8 Å². The number of hydrogen-bond donors (Lipinski definition) is 0. The van der Waals surface area contributed by atoms with Gasteiger partial charge in [0, 0.05) is 38.2 Å². The maximum absolute atomic E-state index is 11.1. The van der Waals surface area contributed by atoms with Crippen molar-refractivity contribution < 1.29 is 14.3 Å². The van der Waals surface area contributed by atoms with E-state index in [0.717, 1.165) is 26.1 Å². The highest BCUT2D eigenvalue weighted by atomic mass is 16.5. The van der Waals surface area contributed by atoms with E-state index >= 15 is 0 Å². The molecule has 0 N–H and O–H groups in total. The number of esters is 1. The van der Waals surface area contributed by atoms with E-state index in [2.05, 4.69) is 31.2 Å². The molecule has 5 nitrogen and oxygen atoms in total. The third-order valence-corrected chi connectivity index (χ3v) is 3.09. The van der Waals surface area contributed by atoms with Crippen LogP contribution in [-0.4, -0.2) is 54.5 Å². The molecule has 0 aromatic carbocycles. The van der Waals surface area contributed by atoms with Gasteiger partial charge in [-0.1, -0.05) is 25.3 Å². The van der Waals surface area contributed by atoms with Gasteiger partial charge in [-0.05, 0) is 19.5 Å². The molecule has 1 aliphatic heterocycles. The van der Waals surface area contributed by atoms with Gasteiger partial charge in [-0.3, -0.25) is 9.69 Å². The molecule has 1 amide bonds. The first-order valence-corrected chi connectivity index (χ1v) is 7.65. The van der Waals surface area contributed by atoms with Crippen LogP contribution >= 0.6 is 0 Å². The lowest BCUT2D eigenvalue weighted by Crippen LogP contribution is -2.28. The van der Waals surface area contributed by atoms with Crippen molar-refractivity contribution in [1.29, 1.82) is 0 Å². The van der Waals surface area contributed by atoms with E-state index in [-0.39, 0.29) is 11.9 Å². The molecule has 0 atom stereocenters. The molecule has 1 saturated heterocycles. The first-order chi connectivity index (χ1) is 11.0. The second kappa shape index (κ2) is 12.4. The molecule has 0 aromatic rings. The van der Waals surface area contributed by atoms with Crippen LogP contribution in [-0.2, 0) is 14.3 Å². The monoisotopic (exact) mass is 320 g/mol. The minimum atomic E-state index is -0.341. The van der Waals surface area contributed by atoms with Crippen molar-refractivity contribution in [3.05, 3.63) is 50.2 Å². The Balaban J connectivity index is 0.000000502. The van der Waals surface area contributed by atoms with E-state index in [1.807, 2.05) is 12.2 Å². The number of likely N-dealkylation sites (tertiary alicyclic amines) is 1. The normalized spacial score (nSPS) is 13.1. The molecule has 0 saturated carbocycles. The quantitative estimate of drug-likeness (QED) is 0.372. The molecule has 128 valence electrons. The SMILES string of the molecule is C=CCN(CC=C)CCOC(=O)C(=C)C.C=CN1CCCC1=O. The van der Waals surface area contributed by atoms with Gasteiger partial charge in [-0.15, -0.1) is 13.2 Å². The zero-order valence-electron chi connectivity index (χ0n) is 14.1. The van der Waals surface area contributed by atoms with Crippen LogP contribution in [0, 0.1) is 0 Å². The lowest BCUT2D eigenvalue weighted by molar-refractivity contribution is -0.139. The Morgan fingerprint density at radius 2 is 1.91 bits per heavy atom. The number of rotatable bonds is 9. The Hall–Kier alpha value is -2.14. The summed E-state index contributed by atoms with van der Waals surface area (Å²) in [5.41, 5.74) is 0.425. The van der Waals surface area contributed by atoms with Gasteiger partial charge in [0.25, 0.3) is 0 Å². The number of ether oxygens (including phenoxy) is 1. The summed E-state index contributed by atoms with van der Waals surface area (Å²) in [6.07, 6.45) is 6.90. The van der Waals surface area contributed by atoms with Gasteiger partial charge in [0.2, 0.25) is 5.91 Å². The number of nitrogens with zero attached hydrogens (tertiary/aromatic N) is 2. The van der Waals surface area contributed by atoms with Crippen LogP contribution in [0.15, 0.2) is 50.2 Å². The average Bonchev–Trinajstić information content (AvgIpc) is 2.93. The van der Waals surface area contributed by atoms with Crippen molar-refractivity contribution >= 4 is 11.9 Å². The number of hydrogen-bond acceptors (Lipinski definition) is 4. The van der Waals surface area contributed by atoms with E-state index in [9.17, 15) is 9.59 Å². The van der Waals surface area contributed by atoms with E-state index < -0.39 is 0 Å².